The van der Waals surface area contributed by atoms with E-state index in [4.69, 9.17) is 0 Å². The number of rotatable bonds is 4. The van der Waals surface area contributed by atoms with Crippen LogP contribution >= 0.6 is 0 Å². The van der Waals surface area contributed by atoms with Gasteiger partial charge in [0.15, 0.2) is 0 Å². The molecule has 2 aromatic rings. The van der Waals surface area contributed by atoms with Crippen molar-refractivity contribution < 1.29 is 14.4 Å². The lowest BCUT2D eigenvalue weighted by Crippen LogP contribution is -2.40. The van der Waals surface area contributed by atoms with Crippen molar-refractivity contribution in [2.45, 2.75) is 44.4 Å². The van der Waals surface area contributed by atoms with Crippen LogP contribution in [0.3, 0.4) is 0 Å². The summed E-state index contributed by atoms with van der Waals surface area (Å²) in [5.74, 6) is -0.462. The predicted molar refractivity (Wildman–Crippen MR) is 109 cm³/mol. The Morgan fingerprint density at radius 2 is 1.55 bits per heavy atom. The van der Waals surface area contributed by atoms with Crippen LogP contribution in [-0.2, 0) is 4.79 Å². The highest BCUT2D eigenvalue weighted by Gasteiger charge is 2.59. The molecule has 2 aliphatic rings. The van der Waals surface area contributed by atoms with Gasteiger partial charge in [-0.1, -0.05) is 55.5 Å². The number of hydrogen-bond acceptors (Lipinski definition) is 3. The lowest BCUT2D eigenvalue weighted by molar-refractivity contribution is -0.129. The molecule has 0 aliphatic carbocycles. The second-order valence-corrected chi connectivity index (χ2v) is 7.70. The Morgan fingerprint density at radius 3 is 2.14 bits per heavy atom. The molecule has 0 saturated carbocycles. The number of amides is 4. The van der Waals surface area contributed by atoms with Gasteiger partial charge in [0.05, 0.1) is 18.1 Å². The third kappa shape index (κ3) is 3.09. The largest absolute Gasteiger partial charge is 0.327 e. The summed E-state index contributed by atoms with van der Waals surface area (Å²) in [6.45, 7) is 3.90. The second-order valence-electron chi connectivity index (χ2n) is 7.70. The number of hydrogen-bond donors (Lipinski definition) is 0. The minimum atomic E-state index is -0.596. The van der Waals surface area contributed by atoms with Crippen LogP contribution in [0.5, 0.6) is 0 Å². The molecule has 6 heteroatoms. The van der Waals surface area contributed by atoms with Crippen molar-refractivity contribution >= 4 is 17.8 Å². The quantitative estimate of drug-likeness (QED) is 0.752. The van der Waals surface area contributed by atoms with E-state index in [1.807, 2.05) is 50.2 Å². The molecule has 29 heavy (non-hydrogen) atoms. The smallest absolute Gasteiger partial charge is 0.322 e. The highest BCUT2D eigenvalue weighted by molar-refractivity contribution is 6.06. The summed E-state index contributed by atoms with van der Waals surface area (Å²) in [6.07, 6.45) is 0.665. The normalized spacial score (nSPS) is 26.0. The highest BCUT2D eigenvalue weighted by Crippen LogP contribution is 2.40. The molecule has 6 nitrogen and oxygen atoms in total. The van der Waals surface area contributed by atoms with Crippen molar-refractivity contribution in [3.63, 3.8) is 0 Å². The standard InChI is InChI=1S/C23H25N3O3/c1-4-18-20(25(18)21(27)17-13-9-6-10-14-17)22(28)26-19(15(2)24(3)23(26)29)16-11-7-5-8-12-16/h5-15,18-20H,4H2,1-3H3/t15-,18-,19-,20+,25?/m0/s1. The lowest BCUT2D eigenvalue weighted by Gasteiger charge is -2.24. The van der Waals surface area contributed by atoms with Gasteiger partial charge in [-0.2, -0.15) is 0 Å². The zero-order chi connectivity index (χ0) is 20.7. The molecule has 0 aromatic heterocycles. The SMILES string of the molecule is CC[C@H]1[C@H](C(=O)N2C(=O)N(C)[C@@H](C)[C@H]2c2ccccc2)N1C(=O)c1ccccc1. The molecule has 2 aromatic carbocycles. The predicted octanol–water partition coefficient (Wildman–Crippen LogP) is 3.31. The third-order valence-corrected chi connectivity index (χ3v) is 6.09. The first-order valence-corrected chi connectivity index (χ1v) is 9.99. The number of nitrogens with zero attached hydrogens (tertiary/aromatic N) is 3. The molecule has 4 atom stereocenters. The fourth-order valence-electron chi connectivity index (χ4n) is 4.33. The zero-order valence-corrected chi connectivity index (χ0v) is 16.9. The molecule has 4 amide bonds. The molecule has 2 heterocycles. The van der Waals surface area contributed by atoms with Crippen molar-refractivity contribution in [2.75, 3.05) is 7.05 Å². The Hall–Kier alpha value is -3.15. The van der Waals surface area contributed by atoms with E-state index in [-0.39, 0.29) is 36.0 Å². The maximum Gasteiger partial charge on any atom is 0.327 e. The molecular weight excluding hydrogens is 366 g/mol. The van der Waals surface area contributed by atoms with E-state index in [1.165, 1.54) is 4.90 Å². The van der Waals surface area contributed by atoms with E-state index in [1.54, 1.807) is 41.1 Å². The number of carbonyl (C=O) groups excluding carboxylic acids is 3. The van der Waals surface area contributed by atoms with Crippen molar-refractivity contribution in [1.29, 1.82) is 0 Å². The van der Waals surface area contributed by atoms with Gasteiger partial charge in [0, 0.05) is 12.6 Å². The number of benzene rings is 2. The molecule has 0 radical (unpaired) electrons. The van der Waals surface area contributed by atoms with Gasteiger partial charge in [-0.3, -0.25) is 14.5 Å². The van der Waals surface area contributed by atoms with Crippen molar-refractivity contribution in [1.82, 2.24) is 14.7 Å². The molecule has 0 bridgehead atoms. The van der Waals surface area contributed by atoms with Gasteiger partial charge in [0.2, 0.25) is 0 Å². The van der Waals surface area contributed by atoms with E-state index < -0.39 is 6.04 Å². The lowest BCUT2D eigenvalue weighted by atomic mass is 10.00. The Labute approximate surface area is 170 Å². The van der Waals surface area contributed by atoms with Crippen LogP contribution in [0.1, 0.15) is 42.2 Å². The van der Waals surface area contributed by atoms with Crippen LogP contribution in [0.25, 0.3) is 0 Å². The van der Waals surface area contributed by atoms with Crippen LogP contribution in [0, 0.1) is 0 Å². The molecule has 2 saturated heterocycles. The van der Waals surface area contributed by atoms with E-state index in [0.717, 1.165) is 5.56 Å². The fraction of sp³-hybridized carbons (Fsp3) is 0.348. The first kappa shape index (κ1) is 19.2. The van der Waals surface area contributed by atoms with Crippen LogP contribution in [0.15, 0.2) is 60.7 Å². The number of urea groups is 1. The minimum Gasteiger partial charge on any atom is -0.322 e. The van der Waals surface area contributed by atoms with Gasteiger partial charge in [0.25, 0.3) is 11.8 Å². The Bertz CT molecular complexity index is 931. The molecule has 2 aliphatic heterocycles. The van der Waals surface area contributed by atoms with Gasteiger partial charge >= 0.3 is 6.03 Å². The summed E-state index contributed by atoms with van der Waals surface area (Å²) in [4.78, 5) is 43.9. The van der Waals surface area contributed by atoms with Gasteiger partial charge in [0.1, 0.15) is 6.04 Å². The van der Waals surface area contributed by atoms with Crippen LogP contribution < -0.4 is 0 Å². The van der Waals surface area contributed by atoms with E-state index in [0.29, 0.717) is 12.0 Å². The second kappa shape index (κ2) is 7.35. The maximum absolute atomic E-state index is 13.5. The van der Waals surface area contributed by atoms with E-state index in [2.05, 4.69) is 0 Å². The molecule has 0 spiro atoms. The summed E-state index contributed by atoms with van der Waals surface area (Å²) >= 11 is 0. The van der Waals surface area contributed by atoms with Crippen molar-refractivity contribution in [2.24, 2.45) is 0 Å². The van der Waals surface area contributed by atoms with Crippen LogP contribution in [0.2, 0.25) is 0 Å². The zero-order valence-electron chi connectivity index (χ0n) is 16.9. The topological polar surface area (TPSA) is 60.7 Å². The average molecular weight is 391 g/mol. The van der Waals surface area contributed by atoms with Crippen LogP contribution in [-0.4, -0.2) is 57.7 Å². The summed E-state index contributed by atoms with van der Waals surface area (Å²) in [5, 5.41) is 0. The van der Waals surface area contributed by atoms with Gasteiger partial charge < -0.3 is 9.80 Å². The summed E-state index contributed by atoms with van der Waals surface area (Å²) in [7, 11) is 1.72. The minimum absolute atomic E-state index is 0.147. The molecule has 0 unspecified atom stereocenters. The first-order chi connectivity index (χ1) is 14.0. The van der Waals surface area contributed by atoms with Gasteiger partial charge in [-0.15, -0.1) is 0 Å². The van der Waals surface area contributed by atoms with Crippen molar-refractivity contribution in [3.05, 3.63) is 71.8 Å². The van der Waals surface area contributed by atoms with Gasteiger partial charge in [-0.05, 0) is 31.0 Å². The van der Waals surface area contributed by atoms with Crippen molar-refractivity contribution in [3.8, 4) is 0 Å². The van der Waals surface area contributed by atoms with E-state index >= 15 is 0 Å². The average Bonchev–Trinajstić information content (AvgIpc) is 3.45. The molecule has 150 valence electrons. The Morgan fingerprint density at radius 1 is 0.966 bits per heavy atom. The first-order valence-electron chi connectivity index (χ1n) is 9.99. The molecule has 4 rings (SSSR count). The van der Waals surface area contributed by atoms with Gasteiger partial charge in [-0.25, -0.2) is 4.79 Å². The molecular formula is C23H25N3O3. The third-order valence-electron chi connectivity index (χ3n) is 6.09. The summed E-state index contributed by atoms with van der Waals surface area (Å²) in [5.41, 5.74) is 1.47. The summed E-state index contributed by atoms with van der Waals surface area (Å²) in [6, 6.07) is 17.0. The summed E-state index contributed by atoms with van der Waals surface area (Å²) < 4.78 is 0. The monoisotopic (exact) mass is 391 g/mol. The Kier molecular flexibility index (Phi) is 4.86. The number of imide groups is 1. The number of carbonyl (C=O) groups is 3. The fourth-order valence-corrected chi connectivity index (χ4v) is 4.33. The Balaban J connectivity index is 1.63. The number of likely N-dealkylation sites (N-methyl/N-ethyl adjacent to an activating group) is 1. The van der Waals surface area contributed by atoms with E-state index in [9.17, 15) is 14.4 Å². The molecule has 0 N–H and O–H groups in total. The van der Waals surface area contributed by atoms with Crippen LogP contribution in [0.4, 0.5) is 4.79 Å². The maximum atomic E-state index is 13.5. The highest BCUT2D eigenvalue weighted by atomic mass is 16.2. The molecule has 2 fully saturated rings.